The van der Waals surface area contributed by atoms with Crippen LogP contribution in [0.3, 0.4) is 0 Å². The number of nitrogens with one attached hydrogen (secondary N) is 1. The summed E-state index contributed by atoms with van der Waals surface area (Å²) in [7, 11) is 0. The first kappa shape index (κ1) is 19.1. The summed E-state index contributed by atoms with van der Waals surface area (Å²) in [4.78, 5) is 27.7. The third-order valence-electron chi connectivity index (χ3n) is 8.73. The number of amides is 2. The van der Waals surface area contributed by atoms with Crippen LogP contribution in [0.15, 0.2) is 18.2 Å². The van der Waals surface area contributed by atoms with Crippen molar-refractivity contribution in [1.82, 2.24) is 5.32 Å². The van der Waals surface area contributed by atoms with E-state index in [0.29, 0.717) is 18.4 Å². The minimum absolute atomic E-state index is 0.0707. The van der Waals surface area contributed by atoms with Crippen molar-refractivity contribution < 1.29 is 9.59 Å². The van der Waals surface area contributed by atoms with Crippen molar-refractivity contribution in [2.75, 3.05) is 11.4 Å². The summed E-state index contributed by atoms with van der Waals surface area (Å²) in [6.45, 7) is 6.85. The number of hydrogen-bond donors (Lipinski definition) is 1. The van der Waals surface area contributed by atoms with Crippen LogP contribution >= 0.6 is 0 Å². The number of benzene rings is 1. The Morgan fingerprint density at radius 3 is 2.34 bits per heavy atom. The van der Waals surface area contributed by atoms with E-state index in [1.165, 1.54) is 44.1 Å². The Kier molecular flexibility index (Phi) is 4.52. The summed E-state index contributed by atoms with van der Waals surface area (Å²) in [5.41, 5.74) is 3.57. The Morgan fingerprint density at radius 1 is 1.10 bits per heavy atom. The molecule has 29 heavy (non-hydrogen) atoms. The maximum Gasteiger partial charge on any atom is 0.227 e. The molecule has 4 saturated carbocycles. The fourth-order valence-electron chi connectivity index (χ4n) is 7.34. The Bertz CT molecular complexity index is 810. The lowest BCUT2D eigenvalue weighted by Crippen LogP contribution is -2.56. The molecule has 2 amide bonds. The van der Waals surface area contributed by atoms with Crippen LogP contribution in [-0.4, -0.2) is 24.4 Å². The Hall–Kier alpha value is -1.84. The molecule has 5 fully saturated rings. The number of rotatable bonds is 4. The zero-order valence-corrected chi connectivity index (χ0v) is 18.0. The van der Waals surface area contributed by atoms with Crippen LogP contribution in [0.2, 0.25) is 0 Å². The van der Waals surface area contributed by atoms with Crippen LogP contribution in [0.25, 0.3) is 0 Å². The monoisotopic (exact) mass is 394 g/mol. The van der Waals surface area contributed by atoms with Gasteiger partial charge in [0, 0.05) is 24.7 Å². The smallest absolute Gasteiger partial charge is 0.227 e. The summed E-state index contributed by atoms with van der Waals surface area (Å²) >= 11 is 0. The summed E-state index contributed by atoms with van der Waals surface area (Å²) in [5, 5.41) is 3.38. The van der Waals surface area contributed by atoms with Crippen molar-refractivity contribution in [3.63, 3.8) is 0 Å². The lowest BCUT2D eigenvalue weighted by Gasteiger charge is -2.59. The molecule has 156 valence electrons. The third-order valence-corrected chi connectivity index (χ3v) is 8.73. The molecule has 2 atom stereocenters. The van der Waals surface area contributed by atoms with E-state index >= 15 is 0 Å². The van der Waals surface area contributed by atoms with Gasteiger partial charge in [0.25, 0.3) is 0 Å². The Balaban J connectivity index is 1.27. The molecule has 1 saturated heterocycles. The molecule has 4 bridgehead atoms. The molecule has 1 heterocycles. The summed E-state index contributed by atoms with van der Waals surface area (Å²) < 4.78 is 0. The highest BCUT2D eigenvalue weighted by atomic mass is 16.2. The van der Waals surface area contributed by atoms with Crippen molar-refractivity contribution in [2.45, 2.75) is 71.8 Å². The van der Waals surface area contributed by atoms with Crippen molar-refractivity contribution in [3.05, 3.63) is 29.3 Å². The van der Waals surface area contributed by atoms with Crippen molar-refractivity contribution >= 4 is 17.5 Å². The molecule has 0 spiro atoms. The molecule has 4 heteroatoms. The van der Waals surface area contributed by atoms with E-state index in [4.69, 9.17) is 0 Å². The second kappa shape index (κ2) is 6.85. The van der Waals surface area contributed by atoms with Gasteiger partial charge in [0.1, 0.15) is 0 Å². The second-order valence-electron chi connectivity index (χ2n) is 10.6. The fourth-order valence-corrected chi connectivity index (χ4v) is 7.34. The van der Waals surface area contributed by atoms with Gasteiger partial charge in [-0.1, -0.05) is 12.1 Å². The van der Waals surface area contributed by atoms with E-state index < -0.39 is 0 Å². The van der Waals surface area contributed by atoms with Crippen LogP contribution in [0.1, 0.15) is 63.0 Å². The van der Waals surface area contributed by atoms with Crippen molar-refractivity contribution in [1.29, 1.82) is 0 Å². The lowest BCUT2D eigenvalue weighted by molar-refractivity contribution is -0.130. The van der Waals surface area contributed by atoms with Gasteiger partial charge in [-0.05, 0) is 99.7 Å². The lowest BCUT2D eigenvalue weighted by atomic mass is 9.48. The van der Waals surface area contributed by atoms with Crippen LogP contribution < -0.4 is 10.2 Å². The molecule has 0 radical (unpaired) electrons. The third kappa shape index (κ3) is 3.19. The van der Waals surface area contributed by atoms with Crippen molar-refractivity contribution in [2.24, 2.45) is 29.1 Å². The molecule has 0 aromatic heterocycles. The molecule has 4 nitrogen and oxygen atoms in total. The van der Waals surface area contributed by atoms with Gasteiger partial charge < -0.3 is 10.2 Å². The number of aryl methyl sites for hydroxylation is 1. The summed E-state index contributed by atoms with van der Waals surface area (Å²) in [6.07, 6.45) is 8.45. The summed E-state index contributed by atoms with van der Waals surface area (Å²) in [6, 6.07) is 6.27. The highest BCUT2D eigenvalue weighted by molar-refractivity contribution is 6.01. The number of carbonyl (C=O) groups excluding carboxylic acids is 2. The highest BCUT2D eigenvalue weighted by Gasteiger charge is 2.53. The molecule has 1 aromatic rings. The van der Waals surface area contributed by atoms with E-state index in [2.05, 4.69) is 32.2 Å². The highest BCUT2D eigenvalue weighted by Crippen LogP contribution is 2.61. The maximum absolute atomic E-state index is 13.1. The Morgan fingerprint density at radius 2 is 1.72 bits per heavy atom. The molecular weight excluding hydrogens is 360 g/mol. The fraction of sp³-hybridized carbons (Fsp3) is 0.680. The van der Waals surface area contributed by atoms with Crippen LogP contribution in [0.5, 0.6) is 0 Å². The van der Waals surface area contributed by atoms with Gasteiger partial charge in [-0.2, -0.15) is 0 Å². The molecule has 1 aliphatic heterocycles. The molecule has 6 rings (SSSR count). The van der Waals surface area contributed by atoms with Gasteiger partial charge in [-0.15, -0.1) is 0 Å². The van der Waals surface area contributed by atoms with Gasteiger partial charge >= 0.3 is 0 Å². The number of hydrogen-bond acceptors (Lipinski definition) is 2. The molecule has 0 unspecified atom stereocenters. The van der Waals surface area contributed by atoms with E-state index in [1.54, 1.807) is 0 Å². The first-order chi connectivity index (χ1) is 13.8. The average molecular weight is 395 g/mol. The van der Waals surface area contributed by atoms with Crippen LogP contribution in [0, 0.1) is 42.9 Å². The molecule has 1 aromatic carbocycles. The topological polar surface area (TPSA) is 49.4 Å². The first-order valence-corrected chi connectivity index (χ1v) is 11.5. The van der Waals surface area contributed by atoms with Crippen LogP contribution in [0.4, 0.5) is 5.69 Å². The molecule has 1 N–H and O–H groups in total. The number of nitrogens with zero attached hydrogens (tertiary/aromatic N) is 1. The standard InChI is InChI=1S/C25H34N2O2/c1-15-5-4-6-22(16(15)2)27-14-21(10-23(27)28)24(29)26-17(3)25-11-18-7-19(12-25)9-20(8-18)13-25/h4-6,17-21H,7-14H2,1-3H3,(H,26,29)/t17-,18?,19?,20?,21+,25?/m1/s1. The zero-order chi connectivity index (χ0) is 20.3. The molecule has 4 aliphatic carbocycles. The van der Waals surface area contributed by atoms with Gasteiger partial charge in [0.05, 0.1) is 5.92 Å². The van der Waals surface area contributed by atoms with Gasteiger partial charge in [0.15, 0.2) is 0 Å². The molecular formula is C25H34N2O2. The van der Waals surface area contributed by atoms with E-state index in [-0.39, 0.29) is 23.8 Å². The number of anilines is 1. The quantitative estimate of drug-likeness (QED) is 0.824. The minimum atomic E-state index is -0.237. The maximum atomic E-state index is 13.1. The van der Waals surface area contributed by atoms with E-state index in [0.717, 1.165) is 29.0 Å². The van der Waals surface area contributed by atoms with Gasteiger partial charge in [-0.3, -0.25) is 9.59 Å². The minimum Gasteiger partial charge on any atom is -0.353 e. The predicted molar refractivity (Wildman–Crippen MR) is 115 cm³/mol. The van der Waals surface area contributed by atoms with Gasteiger partial charge in [0.2, 0.25) is 11.8 Å². The number of carbonyl (C=O) groups is 2. The van der Waals surface area contributed by atoms with Gasteiger partial charge in [-0.25, -0.2) is 0 Å². The predicted octanol–water partition coefficient (Wildman–Crippen LogP) is 4.38. The largest absolute Gasteiger partial charge is 0.353 e. The normalized spacial score (nSPS) is 36.5. The van der Waals surface area contributed by atoms with E-state index in [9.17, 15) is 9.59 Å². The van der Waals surface area contributed by atoms with Crippen LogP contribution in [-0.2, 0) is 9.59 Å². The first-order valence-electron chi connectivity index (χ1n) is 11.5. The average Bonchev–Trinajstić information content (AvgIpc) is 3.04. The van der Waals surface area contributed by atoms with Crippen molar-refractivity contribution in [3.8, 4) is 0 Å². The molecule has 5 aliphatic rings. The zero-order valence-electron chi connectivity index (χ0n) is 18.0. The Labute approximate surface area is 174 Å². The SMILES string of the molecule is Cc1cccc(N2C[C@@H](C(=O)N[C@H](C)C34CC5CC(CC(C5)C3)C4)CC2=O)c1C. The second-order valence-corrected chi connectivity index (χ2v) is 10.6. The summed E-state index contributed by atoms with van der Waals surface area (Å²) in [5.74, 6) is 2.56. The van der Waals surface area contributed by atoms with E-state index in [1.807, 2.05) is 17.0 Å².